The third-order valence-electron chi connectivity index (χ3n) is 9.10. The van der Waals surface area contributed by atoms with Crippen molar-refractivity contribution in [3.63, 3.8) is 0 Å². The molecule has 3 rings (SSSR count). The highest BCUT2D eigenvalue weighted by Crippen LogP contribution is 2.38. The van der Waals surface area contributed by atoms with Crippen LogP contribution in [0, 0.1) is 0 Å². The molecule has 0 radical (unpaired) electrons. The Morgan fingerprint density at radius 1 is 0.326 bits per heavy atom. The summed E-state index contributed by atoms with van der Waals surface area (Å²) in [5.41, 5.74) is 4.77. The zero-order valence-corrected chi connectivity index (χ0v) is 29.1. The Bertz CT molecular complexity index is 974. The minimum atomic E-state index is -0.599. The first-order valence-electron chi connectivity index (χ1n) is 18.3. The standard InChI is InChI=1S/C42H63P/c1-4-7-10-13-16-19-28-37-31-22-25-34-40(37)43(41-35-26-23-32-38(41)29-20-17-14-11-8-5-2)42-36-27-24-33-39(42)30-21-18-15-12-9-6-3/h22-27,31-36H,4-21,28-30H2,1-3H3. The zero-order chi connectivity index (χ0) is 30.4. The predicted octanol–water partition coefficient (Wildman–Crippen LogP) is 12.2. The lowest BCUT2D eigenvalue weighted by Crippen LogP contribution is -2.27. The van der Waals surface area contributed by atoms with Crippen LogP contribution < -0.4 is 15.9 Å². The first-order valence-corrected chi connectivity index (χ1v) is 19.7. The van der Waals surface area contributed by atoms with Crippen LogP contribution in [0.5, 0.6) is 0 Å². The van der Waals surface area contributed by atoms with Gasteiger partial charge in [-0.2, -0.15) is 0 Å². The second kappa shape index (κ2) is 22.6. The van der Waals surface area contributed by atoms with Crippen LogP contribution in [-0.4, -0.2) is 0 Å². The second-order valence-electron chi connectivity index (χ2n) is 12.8. The number of aryl methyl sites for hydroxylation is 3. The Morgan fingerprint density at radius 3 is 0.884 bits per heavy atom. The van der Waals surface area contributed by atoms with Gasteiger partial charge in [-0.3, -0.25) is 0 Å². The molecule has 0 aromatic heterocycles. The van der Waals surface area contributed by atoms with Gasteiger partial charge in [-0.1, -0.05) is 190 Å². The van der Waals surface area contributed by atoms with E-state index in [1.165, 1.54) is 135 Å². The van der Waals surface area contributed by atoms with E-state index in [9.17, 15) is 0 Å². The Labute approximate surface area is 268 Å². The molecule has 43 heavy (non-hydrogen) atoms. The molecule has 0 aliphatic rings. The van der Waals surface area contributed by atoms with Gasteiger partial charge in [-0.25, -0.2) is 0 Å². The van der Waals surface area contributed by atoms with Gasteiger partial charge in [-0.05, 0) is 79.1 Å². The average molecular weight is 599 g/mol. The highest BCUT2D eigenvalue weighted by molar-refractivity contribution is 7.80. The molecule has 0 bridgehead atoms. The monoisotopic (exact) mass is 598 g/mol. The van der Waals surface area contributed by atoms with Crippen molar-refractivity contribution < 1.29 is 0 Å². The molecule has 0 saturated carbocycles. The third kappa shape index (κ3) is 12.9. The van der Waals surface area contributed by atoms with Crippen LogP contribution >= 0.6 is 7.92 Å². The number of hydrogen-bond donors (Lipinski definition) is 0. The molecule has 236 valence electrons. The molecule has 0 aliphatic heterocycles. The highest BCUT2D eigenvalue weighted by Gasteiger charge is 2.23. The van der Waals surface area contributed by atoms with Crippen molar-refractivity contribution in [2.24, 2.45) is 0 Å². The molecule has 3 aromatic rings. The first-order chi connectivity index (χ1) is 21.3. The minimum Gasteiger partial charge on any atom is -0.0654 e. The third-order valence-corrected chi connectivity index (χ3v) is 11.9. The van der Waals surface area contributed by atoms with Crippen molar-refractivity contribution in [3.8, 4) is 0 Å². The van der Waals surface area contributed by atoms with Crippen LogP contribution in [0.3, 0.4) is 0 Å². The zero-order valence-electron chi connectivity index (χ0n) is 28.2. The van der Waals surface area contributed by atoms with Crippen LogP contribution in [0.1, 0.15) is 153 Å². The maximum absolute atomic E-state index is 2.49. The summed E-state index contributed by atoms with van der Waals surface area (Å²) < 4.78 is 0. The summed E-state index contributed by atoms with van der Waals surface area (Å²) in [6, 6.07) is 28.6. The van der Waals surface area contributed by atoms with Crippen LogP contribution in [0.2, 0.25) is 0 Å². The van der Waals surface area contributed by atoms with Gasteiger partial charge in [0, 0.05) is 0 Å². The van der Waals surface area contributed by atoms with Gasteiger partial charge in [-0.15, -0.1) is 0 Å². The van der Waals surface area contributed by atoms with Crippen molar-refractivity contribution in [1.29, 1.82) is 0 Å². The van der Waals surface area contributed by atoms with Crippen LogP contribution in [0.15, 0.2) is 72.8 Å². The summed E-state index contributed by atoms with van der Waals surface area (Å²) in [6.07, 6.45) is 28.1. The molecule has 0 unspecified atom stereocenters. The Kier molecular flexibility index (Phi) is 18.7. The van der Waals surface area contributed by atoms with E-state index in [0.717, 1.165) is 0 Å². The maximum Gasteiger partial charge on any atom is -0.0119 e. The molecular formula is C42H63P. The quantitative estimate of drug-likeness (QED) is 0.0710. The lowest BCUT2D eigenvalue weighted by molar-refractivity contribution is 0.608. The van der Waals surface area contributed by atoms with E-state index in [-0.39, 0.29) is 0 Å². The number of rotatable bonds is 24. The summed E-state index contributed by atoms with van der Waals surface area (Å²) in [6.45, 7) is 6.94. The Balaban J connectivity index is 1.90. The van der Waals surface area contributed by atoms with Crippen LogP contribution in [0.4, 0.5) is 0 Å². The fourth-order valence-corrected chi connectivity index (χ4v) is 9.40. The molecule has 0 fully saturated rings. The molecule has 0 amide bonds. The summed E-state index contributed by atoms with van der Waals surface area (Å²) in [7, 11) is -0.599. The van der Waals surface area contributed by atoms with Crippen LogP contribution in [0.25, 0.3) is 0 Å². The average Bonchev–Trinajstić information content (AvgIpc) is 3.04. The van der Waals surface area contributed by atoms with Gasteiger partial charge >= 0.3 is 0 Å². The summed E-state index contributed by atoms with van der Waals surface area (Å²) in [5, 5.41) is 4.82. The van der Waals surface area contributed by atoms with E-state index >= 15 is 0 Å². The molecule has 1 heteroatoms. The number of unbranched alkanes of at least 4 members (excludes halogenated alkanes) is 15. The molecule has 0 aliphatic carbocycles. The maximum atomic E-state index is 2.49. The smallest absolute Gasteiger partial charge is 0.0119 e. The summed E-state index contributed by atoms with van der Waals surface area (Å²) in [4.78, 5) is 0. The highest BCUT2D eigenvalue weighted by atomic mass is 31.1. The predicted molar refractivity (Wildman–Crippen MR) is 196 cm³/mol. The first kappa shape index (κ1) is 35.6. The summed E-state index contributed by atoms with van der Waals surface area (Å²) >= 11 is 0. The molecule has 0 saturated heterocycles. The molecule has 0 nitrogen and oxygen atoms in total. The van der Waals surface area contributed by atoms with Crippen molar-refractivity contribution in [2.45, 2.75) is 156 Å². The molecule has 3 aromatic carbocycles. The van der Waals surface area contributed by atoms with Gasteiger partial charge < -0.3 is 0 Å². The Morgan fingerprint density at radius 2 is 0.581 bits per heavy atom. The minimum absolute atomic E-state index is 0.599. The molecule has 0 spiro atoms. The van der Waals surface area contributed by atoms with E-state index < -0.39 is 7.92 Å². The van der Waals surface area contributed by atoms with E-state index in [1.807, 2.05) is 0 Å². The van der Waals surface area contributed by atoms with Gasteiger partial charge in [0.2, 0.25) is 0 Å². The Hall–Kier alpha value is -1.91. The van der Waals surface area contributed by atoms with E-state index in [1.54, 1.807) is 32.6 Å². The fourth-order valence-electron chi connectivity index (χ4n) is 6.50. The van der Waals surface area contributed by atoms with Gasteiger partial charge in [0.15, 0.2) is 0 Å². The molecular weight excluding hydrogens is 535 g/mol. The van der Waals surface area contributed by atoms with Gasteiger partial charge in [0.25, 0.3) is 0 Å². The van der Waals surface area contributed by atoms with E-state index in [4.69, 9.17) is 0 Å². The normalized spacial score (nSPS) is 11.4. The van der Waals surface area contributed by atoms with Crippen LogP contribution in [-0.2, 0) is 19.3 Å². The van der Waals surface area contributed by atoms with E-state index in [2.05, 4.69) is 93.6 Å². The van der Waals surface area contributed by atoms with Crippen molar-refractivity contribution in [2.75, 3.05) is 0 Å². The lowest BCUT2D eigenvalue weighted by Gasteiger charge is -2.27. The molecule has 0 atom stereocenters. The SMILES string of the molecule is CCCCCCCCc1ccccc1P(c1ccccc1CCCCCCCC)c1ccccc1CCCCCCCC. The van der Waals surface area contributed by atoms with Crippen molar-refractivity contribution in [3.05, 3.63) is 89.5 Å². The number of hydrogen-bond acceptors (Lipinski definition) is 0. The number of benzene rings is 3. The lowest BCUT2D eigenvalue weighted by atomic mass is 10.0. The second-order valence-corrected chi connectivity index (χ2v) is 14.9. The van der Waals surface area contributed by atoms with Gasteiger partial charge in [0.05, 0.1) is 0 Å². The van der Waals surface area contributed by atoms with E-state index in [0.29, 0.717) is 0 Å². The van der Waals surface area contributed by atoms with Crippen molar-refractivity contribution >= 4 is 23.8 Å². The largest absolute Gasteiger partial charge is 0.0654 e. The molecule has 0 heterocycles. The molecule has 0 N–H and O–H groups in total. The van der Waals surface area contributed by atoms with Crippen molar-refractivity contribution in [1.82, 2.24) is 0 Å². The topological polar surface area (TPSA) is 0 Å². The summed E-state index contributed by atoms with van der Waals surface area (Å²) in [5.74, 6) is 0. The van der Waals surface area contributed by atoms with Gasteiger partial charge in [0.1, 0.15) is 0 Å². The fraction of sp³-hybridized carbons (Fsp3) is 0.571.